The molecule has 0 aliphatic heterocycles. The van der Waals surface area contributed by atoms with E-state index in [1.807, 2.05) is 12.4 Å². The van der Waals surface area contributed by atoms with E-state index in [0.29, 0.717) is 5.92 Å². The molecule has 0 atom stereocenters. The maximum atomic E-state index is 4.58. The first-order valence-corrected chi connectivity index (χ1v) is 8.69. The van der Waals surface area contributed by atoms with Crippen molar-refractivity contribution in [3.63, 3.8) is 0 Å². The Bertz CT molecular complexity index is 523. The summed E-state index contributed by atoms with van der Waals surface area (Å²) >= 11 is 0. The fraction of sp³-hybridized carbons (Fsp3) is 0.500. The van der Waals surface area contributed by atoms with Gasteiger partial charge in [-0.05, 0) is 61.1 Å². The Hall–Kier alpha value is -1.70. The first-order valence-electron chi connectivity index (χ1n) is 8.69. The number of hydrogen-bond acceptors (Lipinski definition) is 2. The second-order valence-electron chi connectivity index (χ2n) is 6.45. The number of benzene rings is 1. The predicted molar refractivity (Wildman–Crippen MR) is 91.2 cm³/mol. The van der Waals surface area contributed by atoms with Gasteiger partial charge in [0, 0.05) is 18.3 Å². The maximum absolute atomic E-state index is 4.58. The first-order chi connectivity index (χ1) is 10.8. The van der Waals surface area contributed by atoms with Crippen LogP contribution in [0.15, 0.2) is 36.7 Å². The van der Waals surface area contributed by atoms with Crippen molar-refractivity contribution in [2.75, 3.05) is 0 Å². The van der Waals surface area contributed by atoms with Gasteiger partial charge in [0.2, 0.25) is 0 Å². The summed E-state index contributed by atoms with van der Waals surface area (Å²) in [6.45, 7) is 4.36. The van der Waals surface area contributed by atoms with Gasteiger partial charge in [0.25, 0.3) is 0 Å². The van der Waals surface area contributed by atoms with E-state index < -0.39 is 0 Å². The normalized spacial score (nSPS) is 21.7. The van der Waals surface area contributed by atoms with Gasteiger partial charge in [-0.1, -0.05) is 38.1 Å². The van der Waals surface area contributed by atoms with Crippen LogP contribution in [0.4, 0.5) is 0 Å². The third-order valence-corrected chi connectivity index (χ3v) is 5.09. The molecule has 1 aliphatic carbocycles. The summed E-state index contributed by atoms with van der Waals surface area (Å²) in [4.78, 5) is 9.17. The molecule has 22 heavy (non-hydrogen) atoms. The Kier molecular flexibility index (Phi) is 4.87. The van der Waals surface area contributed by atoms with Crippen LogP contribution in [-0.4, -0.2) is 9.97 Å². The molecule has 2 nitrogen and oxygen atoms in total. The SMILES string of the molecule is CCc1ccc(C2CCC(c3ncc(CC)cn3)CC2)cc1. The van der Waals surface area contributed by atoms with E-state index in [1.165, 1.54) is 42.4 Å². The summed E-state index contributed by atoms with van der Waals surface area (Å²) in [6.07, 6.45) is 11.1. The zero-order valence-corrected chi connectivity index (χ0v) is 13.8. The molecule has 3 rings (SSSR count). The van der Waals surface area contributed by atoms with Gasteiger partial charge < -0.3 is 0 Å². The van der Waals surface area contributed by atoms with E-state index >= 15 is 0 Å². The molecule has 0 unspecified atom stereocenters. The molecule has 1 aromatic carbocycles. The average molecular weight is 294 g/mol. The molecular formula is C20H26N2. The van der Waals surface area contributed by atoms with Gasteiger partial charge in [0.1, 0.15) is 5.82 Å². The Balaban J connectivity index is 1.61. The second-order valence-corrected chi connectivity index (χ2v) is 6.45. The highest BCUT2D eigenvalue weighted by atomic mass is 14.9. The molecule has 0 spiro atoms. The minimum atomic E-state index is 0.553. The van der Waals surface area contributed by atoms with Gasteiger partial charge in [-0.3, -0.25) is 0 Å². The Morgan fingerprint density at radius 3 is 1.86 bits per heavy atom. The summed E-state index contributed by atoms with van der Waals surface area (Å²) in [7, 11) is 0. The Morgan fingerprint density at radius 1 is 0.773 bits per heavy atom. The third kappa shape index (κ3) is 3.37. The maximum Gasteiger partial charge on any atom is 0.131 e. The van der Waals surface area contributed by atoms with Crippen LogP contribution < -0.4 is 0 Å². The topological polar surface area (TPSA) is 25.8 Å². The number of aryl methyl sites for hydroxylation is 2. The highest BCUT2D eigenvalue weighted by Gasteiger charge is 2.24. The van der Waals surface area contributed by atoms with Crippen LogP contribution in [0, 0.1) is 0 Å². The monoisotopic (exact) mass is 294 g/mol. The van der Waals surface area contributed by atoms with Crippen molar-refractivity contribution in [3.8, 4) is 0 Å². The van der Waals surface area contributed by atoms with Crippen molar-refractivity contribution in [2.24, 2.45) is 0 Å². The standard InChI is InChI=1S/C20H26N2/c1-3-15-5-7-17(8-6-15)18-9-11-19(12-10-18)20-21-13-16(4-2)14-22-20/h5-8,13-14,18-19H,3-4,9-12H2,1-2H3. The fourth-order valence-corrected chi connectivity index (χ4v) is 3.47. The highest BCUT2D eigenvalue weighted by molar-refractivity contribution is 5.26. The van der Waals surface area contributed by atoms with Gasteiger partial charge >= 0.3 is 0 Å². The molecule has 116 valence electrons. The lowest BCUT2D eigenvalue weighted by Crippen LogP contribution is -2.14. The molecule has 1 saturated carbocycles. The van der Waals surface area contributed by atoms with E-state index in [9.17, 15) is 0 Å². The van der Waals surface area contributed by atoms with E-state index in [-0.39, 0.29) is 0 Å². The molecule has 0 saturated heterocycles. The molecule has 1 aromatic heterocycles. The smallest absolute Gasteiger partial charge is 0.131 e. The van der Waals surface area contributed by atoms with E-state index in [0.717, 1.165) is 24.6 Å². The van der Waals surface area contributed by atoms with Crippen LogP contribution in [0.25, 0.3) is 0 Å². The first kappa shape index (κ1) is 15.2. The molecule has 0 radical (unpaired) electrons. The van der Waals surface area contributed by atoms with Gasteiger partial charge in [-0.25, -0.2) is 9.97 Å². The fourth-order valence-electron chi connectivity index (χ4n) is 3.47. The van der Waals surface area contributed by atoms with Gasteiger partial charge in [0.05, 0.1) is 0 Å². The molecule has 2 heteroatoms. The van der Waals surface area contributed by atoms with Gasteiger partial charge in [-0.2, -0.15) is 0 Å². The summed E-state index contributed by atoms with van der Waals surface area (Å²) in [5, 5.41) is 0. The number of hydrogen-bond donors (Lipinski definition) is 0. The van der Waals surface area contributed by atoms with Crippen LogP contribution in [-0.2, 0) is 12.8 Å². The van der Waals surface area contributed by atoms with Crippen LogP contribution in [0.1, 0.15) is 73.9 Å². The molecular weight excluding hydrogens is 268 g/mol. The lowest BCUT2D eigenvalue weighted by Gasteiger charge is -2.28. The van der Waals surface area contributed by atoms with Crippen molar-refractivity contribution in [3.05, 3.63) is 59.2 Å². The van der Waals surface area contributed by atoms with Gasteiger partial charge in [-0.15, -0.1) is 0 Å². The van der Waals surface area contributed by atoms with Crippen molar-refractivity contribution in [1.82, 2.24) is 9.97 Å². The van der Waals surface area contributed by atoms with Crippen molar-refractivity contribution in [2.45, 2.75) is 64.2 Å². The zero-order chi connectivity index (χ0) is 15.4. The van der Waals surface area contributed by atoms with Crippen molar-refractivity contribution < 1.29 is 0 Å². The summed E-state index contributed by atoms with van der Waals surface area (Å²) < 4.78 is 0. The van der Waals surface area contributed by atoms with Crippen molar-refractivity contribution >= 4 is 0 Å². The number of nitrogens with zero attached hydrogens (tertiary/aromatic N) is 2. The number of aromatic nitrogens is 2. The molecule has 1 heterocycles. The van der Waals surface area contributed by atoms with E-state index in [1.54, 1.807) is 0 Å². The van der Waals surface area contributed by atoms with Crippen LogP contribution in [0.5, 0.6) is 0 Å². The van der Waals surface area contributed by atoms with Crippen LogP contribution in [0.2, 0.25) is 0 Å². The van der Waals surface area contributed by atoms with Gasteiger partial charge in [0.15, 0.2) is 0 Å². The summed E-state index contributed by atoms with van der Waals surface area (Å²) in [5.74, 6) is 2.33. The lowest BCUT2D eigenvalue weighted by atomic mass is 9.78. The number of rotatable bonds is 4. The molecule has 1 fully saturated rings. The Morgan fingerprint density at radius 2 is 1.32 bits per heavy atom. The molecule has 2 aromatic rings. The quantitative estimate of drug-likeness (QED) is 0.789. The predicted octanol–water partition coefficient (Wildman–Crippen LogP) is 5.04. The molecule has 0 N–H and O–H groups in total. The van der Waals surface area contributed by atoms with Crippen LogP contribution >= 0.6 is 0 Å². The molecule has 1 aliphatic rings. The van der Waals surface area contributed by atoms with E-state index in [4.69, 9.17) is 0 Å². The zero-order valence-electron chi connectivity index (χ0n) is 13.8. The van der Waals surface area contributed by atoms with E-state index in [2.05, 4.69) is 48.1 Å². The largest absolute Gasteiger partial charge is 0.241 e. The summed E-state index contributed by atoms with van der Waals surface area (Å²) in [6, 6.07) is 9.23. The molecule has 0 amide bonds. The lowest BCUT2D eigenvalue weighted by molar-refractivity contribution is 0.385. The highest BCUT2D eigenvalue weighted by Crippen LogP contribution is 2.39. The minimum Gasteiger partial charge on any atom is -0.241 e. The Labute approximate surface area is 134 Å². The third-order valence-electron chi connectivity index (χ3n) is 5.09. The minimum absolute atomic E-state index is 0.553. The second kappa shape index (κ2) is 7.04. The average Bonchev–Trinajstić information content (AvgIpc) is 2.62. The molecule has 0 bridgehead atoms. The van der Waals surface area contributed by atoms with Crippen LogP contribution in [0.3, 0.4) is 0 Å². The summed E-state index contributed by atoms with van der Waals surface area (Å²) in [5.41, 5.74) is 4.17. The van der Waals surface area contributed by atoms with Crippen molar-refractivity contribution in [1.29, 1.82) is 0 Å².